The predicted octanol–water partition coefficient (Wildman–Crippen LogP) is 2.59. The predicted molar refractivity (Wildman–Crippen MR) is 95.8 cm³/mol. The number of urea groups is 1. The van der Waals surface area contributed by atoms with Crippen molar-refractivity contribution in [2.75, 3.05) is 11.9 Å². The maximum absolute atomic E-state index is 12.7. The fourth-order valence-corrected chi connectivity index (χ4v) is 3.13. The monoisotopic (exact) mass is 334 g/mol. The minimum atomic E-state index is -0.197. The van der Waals surface area contributed by atoms with Crippen LogP contribution in [0.1, 0.15) is 16.8 Å². The number of carbonyl (C=O) groups is 1. The molecular formula is C19H18N4O2. The number of para-hydroxylation sites is 1. The van der Waals surface area contributed by atoms with Gasteiger partial charge in [-0.1, -0.05) is 24.3 Å². The quantitative estimate of drug-likeness (QED) is 0.744. The number of rotatable bonds is 1. The Morgan fingerprint density at radius 3 is 2.80 bits per heavy atom. The molecule has 1 aliphatic heterocycles. The van der Waals surface area contributed by atoms with Crippen molar-refractivity contribution in [1.29, 1.82) is 0 Å². The molecule has 4 rings (SSSR count). The zero-order chi connectivity index (χ0) is 17.4. The average Bonchev–Trinajstić information content (AvgIpc) is 2.63. The number of anilines is 1. The molecule has 0 unspecified atom stereocenters. The highest BCUT2D eigenvalue weighted by molar-refractivity contribution is 5.90. The van der Waals surface area contributed by atoms with Gasteiger partial charge in [-0.2, -0.15) is 0 Å². The lowest BCUT2D eigenvalue weighted by Gasteiger charge is -2.28. The van der Waals surface area contributed by atoms with E-state index in [1.54, 1.807) is 17.2 Å². The Kier molecular flexibility index (Phi) is 3.72. The van der Waals surface area contributed by atoms with Gasteiger partial charge in [0, 0.05) is 24.8 Å². The number of hydrogen-bond donors (Lipinski definition) is 1. The molecule has 1 aliphatic rings. The Labute approximate surface area is 144 Å². The highest BCUT2D eigenvalue weighted by Crippen LogP contribution is 2.18. The summed E-state index contributed by atoms with van der Waals surface area (Å²) >= 11 is 0. The van der Waals surface area contributed by atoms with Crippen LogP contribution in [0.4, 0.5) is 10.5 Å². The molecule has 126 valence electrons. The molecule has 0 spiro atoms. The number of pyridine rings is 1. The fraction of sp³-hybridized carbons (Fsp3) is 0.211. The van der Waals surface area contributed by atoms with E-state index in [-0.39, 0.29) is 18.1 Å². The maximum Gasteiger partial charge on any atom is 0.322 e. The minimum Gasteiger partial charge on any atom is -0.320 e. The lowest BCUT2D eigenvalue weighted by molar-refractivity contribution is 0.205. The lowest BCUT2D eigenvalue weighted by Crippen LogP contribution is -2.42. The summed E-state index contributed by atoms with van der Waals surface area (Å²) in [6, 6.07) is 12.9. The highest BCUT2D eigenvalue weighted by Gasteiger charge is 2.25. The molecule has 25 heavy (non-hydrogen) atoms. The molecule has 1 N–H and O–H groups in total. The number of aromatic nitrogens is 2. The number of nitrogens with zero attached hydrogens (tertiary/aromatic N) is 3. The van der Waals surface area contributed by atoms with Gasteiger partial charge < -0.3 is 10.2 Å². The molecule has 0 aliphatic carbocycles. The van der Waals surface area contributed by atoms with Crippen molar-refractivity contribution in [2.45, 2.75) is 19.9 Å². The summed E-state index contributed by atoms with van der Waals surface area (Å²) in [5.41, 5.74) is 3.71. The van der Waals surface area contributed by atoms with Crippen LogP contribution in [-0.4, -0.2) is 26.9 Å². The van der Waals surface area contributed by atoms with Gasteiger partial charge in [0.05, 0.1) is 17.8 Å². The second-order valence-corrected chi connectivity index (χ2v) is 6.19. The maximum atomic E-state index is 12.7. The smallest absolute Gasteiger partial charge is 0.320 e. The van der Waals surface area contributed by atoms with Crippen molar-refractivity contribution in [2.24, 2.45) is 0 Å². The van der Waals surface area contributed by atoms with Crippen molar-refractivity contribution in [1.82, 2.24) is 14.3 Å². The van der Waals surface area contributed by atoms with Crippen LogP contribution in [0, 0.1) is 6.92 Å². The molecule has 0 saturated heterocycles. The molecule has 2 amide bonds. The van der Waals surface area contributed by atoms with Gasteiger partial charge in [-0.05, 0) is 30.7 Å². The molecule has 0 saturated carbocycles. The van der Waals surface area contributed by atoms with Crippen molar-refractivity contribution >= 4 is 17.4 Å². The van der Waals surface area contributed by atoms with E-state index in [1.807, 2.05) is 43.3 Å². The van der Waals surface area contributed by atoms with Gasteiger partial charge in [0.25, 0.3) is 5.56 Å². The van der Waals surface area contributed by atoms with Gasteiger partial charge in [0.2, 0.25) is 0 Å². The summed E-state index contributed by atoms with van der Waals surface area (Å²) in [5, 5.41) is 2.93. The van der Waals surface area contributed by atoms with E-state index >= 15 is 0 Å². The van der Waals surface area contributed by atoms with E-state index < -0.39 is 0 Å². The van der Waals surface area contributed by atoms with Crippen molar-refractivity contribution in [3.8, 4) is 0 Å². The molecule has 0 bridgehead atoms. The van der Waals surface area contributed by atoms with Gasteiger partial charge >= 0.3 is 6.03 Å². The van der Waals surface area contributed by atoms with E-state index in [1.165, 1.54) is 4.40 Å². The summed E-state index contributed by atoms with van der Waals surface area (Å²) in [4.78, 5) is 31.5. The Morgan fingerprint density at radius 1 is 1.16 bits per heavy atom. The largest absolute Gasteiger partial charge is 0.322 e. The third-order valence-electron chi connectivity index (χ3n) is 4.55. The molecule has 0 atom stereocenters. The molecule has 1 aromatic carbocycles. The number of carbonyl (C=O) groups excluding carboxylic acids is 1. The number of aryl methyl sites for hydroxylation is 1. The molecule has 3 aromatic rings. The highest BCUT2D eigenvalue weighted by atomic mass is 16.2. The van der Waals surface area contributed by atoms with E-state index in [4.69, 9.17) is 0 Å². The van der Waals surface area contributed by atoms with E-state index in [0.717, 1.165) is 16.9 Å². The van der Waals surface area contributed by atoms with Crippen LogP contribution in [0.2, 0.25) is 0 Å². The van der Waals surface area contributed by atoms with Crippen LogP contribution in [0.25, 0.3) is 5.65 Å². The number of amides is 2. The zero-order valence-corrected chi connectivity index (χ0v) is 13.9. The van der Waals surface area contributed by atoms with Crippen molar-refractivity contribution in [3.63, 3.8) is 0 Å². The first-order valence-electron chi connectivity index (χ1n) is 8.24. The summed E-state index contributed by atoms with van der Waals surface area (Å²) in [5.74, 6) is 0. The van der Waals surface area contributed by atoms with E-state index in [9.17, 15) is 9.59 Å². The normalized spacial score (nSPS) is 13.6. The lowest BCUT2D eigenvalue weighted by atomic mass is 10.1. The standard InChI is InChI=1S/C19H18N4O2/c1-13-6-2-3-7-15(13)21-19(25)22-11-9-16-14(12-22)18(24)23-10-5-4-8-17(23)20-16/h2-8,10H,9,11-12H2,1H3,(H,21,25). The topological polar surface area (TPSA) is 66.7 Å². The Bertz CT molecular complexity index is 1030. The molecule has 6 heteroatoms. The third-order valence-corrected chi connectivity index (χ3v) is 4.55. The molecule has 2 aromatic heterocycles. The van der Waals surface area contributed by atoms with Crippen molar-refractivity contribution in [3.05, 3.63) is 75.8 Å². The van der Waals surface area contributed by atoms with Crippen LogP contribution < -0.4 is 10.9 Å². The minimum absolute atomic E-state index is 0.103. The second-order valence-electron chi connectivity index (χ2n) is 6.19. The Hall–Kier alpha value is -3.15. The van der Waals surface area contributed by atoms with Gasteiger partial charge in [0.1, 0.15) is 5.65 Å². The van der Waals surface area contributed by atoms with Crippen LogP contribution in [0.15, 0.2) is 53.5 Å². The fourth-order valence-electron chi connectivity index (χ4n) is 3.13. The zero-order valence-electron chi connectivity index (χ0n) is 13.9. The number of fused-ring (bicyclic) bond motifs is 2. The molecule has 6 nitrogen and oxygen atoms in total. The first-order valence-corrected chi connectivity index (χ1v) is 8.24. The van der Waals surface area contributed by atoms with Crippen LogP contribution in [0.5, 0.6) is 0 Å². The Morgan fingerprint density at radius 2 is 1.96 bits per heavy atom. The molecular weight excluding hydrogens is 316 g/mol. The van der Waals surface area contributed by atoms with Gasteiger partial charge in [-0.3, -0.25) is 9.20 Å². The third kappa shape index (κ3) is 2.76. The summed E-state index contributed by atoms with van der Waals surface area (Å²) in [6.07, 6.45) is 2.29. The number of benzene rings is 1. The first-order chi connectivity index (χ1) is 12.1. The van der Waals surface area contributed by atoms with Crippen LogP contribution in [0.3, 0.4) is 0 Å². The number of hydrogen-bond acceptors (Lipinski definition) is 3. The molecule has 3 heterocycles. The molecule has 0 fully saturated rings. The first kappa shape index (κ1) is 15.4. The molecule has 0 radical (unpaired) electrons. The number of nitrogens with one attached hydrogen (secondary N) is 1. The average molecular weight is 334 g/mol. The van der Waals surface area contributed by atoms with Gasteiger partial charge in [-0.15, -0.1) is 0 Å². The summed E-state index contributed by atoms with van der Waals surface area (Å²) < 4.78 is 1.53. The Balaban J connectivity index is 1.62. The van der Waals surface area contributed by atoms with Crippen LogP contribution in [-0.2, 0) is 13.0 Å². The van der Waals surface area contributed by atoms with Crippen molar-refractivity contribution < 1.29 is 4.79 Å². The van der Waals surface area contributed by atoms with Crippen LogP contribution >= 0.6 is 0 Å². The SMILES string of the molecule is Cc1ccccc1NC(=O)N1CCc2nc3ccccn3c(=O)c2C1. The van der Waals surface area contributed by atoms with E-state index in [0.29, 0.717) is 24.2 Å². The summed E-state index contributed by atoms with van der Waals surface area (Å²) in [6.45, 7) is 2.76. The van der Waals surface area contributed by atoms with E-state index in [2.05, 4.69) is 10.3 Å². The van der Waals surface area contributed by atoms with Gasteiger partial charge in [-0.25, -0.2) is 9.78 Å². The van der Waals surface area contributed by atoms with Gasteiger partial charge in [0.15, 0.2) is 0 Å². The second kappa shape index (κ2) is 6.05. The summed E-state index contributed by atoms with van der Waals surface area (Å²) in [7, 11) is 0.